The zero-order chi connectivity index (χ0) is 29.1. The van der Waals surface area contributed by atoms with Crippen LogP contribution in [0.1, 0.15) is 37.3 Å². The molecule has 2 N–H and O–H groups in total. The number of nitro benzene ring substituents is 1. The third-order valence-electron chi connectivity index (χ3n) is 6.48. The Labute approximate surface area is 243 Å². The molecule has 3 aromatic carbocycles. The maximum atomic E-state index is 10.9. The van der Waals surface area contributed by atoms with E-state index in [4.69, 9.17) is 9.47 Å². The number of ether oxygens (including phenoxy) is 2. The predicted molar refractivity (Wildman–Crippen MR) is 162 cm³/mol. The molecule has 12 nitrogen and oxygen atoms in total. The van der Waals surface area contributed by atoms with Gasteiger partial charge in [-0.2, -0.15) is 20.1 Å². The lowest BCUT2D eigenvalue weighted by molar-refractivity contribution is -0.384. The summed E-state index contributed by atoms with van der Waals surface area (Å²) >= 11 is 0. The molecule has 1 aliphatic rings. The van der Waals surface area contributed by atoms with E-state index < -0.39 is 4.92 Å². The first-order chi connectivity index (χ1) is 20.6. The van der Waals surface area contributed by atoms with E-state index >= 15 is 0 Å². The second-order valence-corrected chi connectivity index (χ2v) is 9.54. The van der Waals surface area contributed by atoms with Crippen LogP contribution in [0.2, 0.25) is 0 Å². The van der Waals surface area contributed by atoms with Crippen molar-refractivity contribution in [1.29, 1.82) is 0 Å². The van der Waals surface area contributed by atoms with Crippen molar-refractivity contribution in [2.45, 2.75) is 32.8 Å². The predicted octanol–water partition coefficient (Wildman–Crippen LogP) is 5.94. The molecule has 216 valence electrons. The van der Waals surface area contributed by atoms with E-state index in [2.05, 4.69) is 35.7 Å². The molecule has 1 saturated heterocycles. The van der Waals surface area contributed by atoms with E-state index in [1.54, 1.807) is 24.4 Å². The topological polar surface area (TPSA) is 140 Å². The lowest BCUT2D eigenvalue weighted by atomic mass is 10.1. The van der Waals surface area contributed by atoms with Gasteiger partial charge in [-0.3, -0.25) is 10.1 Å². The molecule has 0 bridgehead atoms. The average Bonchev–Trinajstić information content (AvgIpc) is 3.02. The number of aromatic nitrogens is 3. The third kappa shape index (κ3) is 7.68. The fourth-order valence-corrected chi connectivity index (χ4v) is 4.39. The molecule has 12 heteroatoms. The molecule has 1 fully saturated rings. The van der Waals surface area contributed by atoms with Crippen LogP contribution >= 0.6 is 0 Å². The number of benzene rings is 3. The van der Waals surface area contributed by atoms with Gasteiger partial charge >= 0.3 is 0 Å². The molecule has 0 unspecified atom stereocenters. The summed E-state index contributed by atoms with van der Waals surface area (Å²) in [7, 11) is 0. The molecular weight excluding hydrogens is 536 g/mol. The minimum absolute atomic E-state index is 0.0366. The number of anilines is 4. The molecule has 0 amide bonds. The van der Waals surface area contributed by atoms with Gasteiger partial charge in [-0.25, -0.2) is 5.43 Å². The number of hydrogen-bond acceptors (Lipinski definition) is 11. The van der Waals surface area contributed by atoms with Gasteiger partial charge in [0, 0.05) is 30.9 Å². The summed E-state index contributed by atoms with van der Waals surface area (Å²) < 4.78 is 11.7. The molecule has 0 radical (unpaired) electrons. The van der Waals surface area contributed by atoms with Gasteiger partial charge in [-0.15, -0.1) is 0 Å². The van der Waals surface area contributed by atoms with Gasteiger partial charge in [0.05, 0.1) is 17.7 Å². The number of hydrogen-bond donors (Lipinski definition) is 2. The molecule has 5 rings (SSSR count). The summed E-state index contributed by atoms with van der Waals surface area (Å²) in [6.07, 6.45) is 5.06. The number of nitrogens with zero attached hydrogens (tertiary/aromatic N) is 6. The SMILES string of the molecule is CCOc1cc(/C=N/Nc2nc(Nc3ccccc3)nc(N3CCCCC3)n2)ccc1OCc1ccc([N+](=O)[O-])cc1. The van der Waals surface area contributed by atoms with E-state index in [0.29, 0.717) is 36.0 Å². The van der Waals surface area contributed by atoms with E-state index in [0.717, 1.165) is 42.7 Å². The second-order valence-electron chi connectivity index (χ2n) is 9.54. The van der Waals surface area contributed by atoms with Crippen molar-refractivity contribution in [1.82, 2.24) is 15.0 Å². The highest BCUT2D eigenvalue weighted by atomic mass is 16.6. The van der Waals surface area contributed by atoms with Crippen LogP contribution in [-0.4, -0.2) is 45.8 Å². The number of nitro groups is 1. The number of non-ortho nitro benzene ring substituents is 1. The van der Waals surface area contributed by atoms with Gasteiger partial charge in [-0.1, -0.05) is 18.2 Å². The molecule has 4 aromatic rings. The summed E-state index contributed by atoms with van der Waals surface area (Å²) in [5.74, 6) is 2.48. The maximum absolute atomic E-state index is 10.9. The van der Waals surface area contributed by atoms with Crippen LogP contribution in [0.3, 0.4) is 0 Å². The lowest BCUT2D eigenvalue weighted by Gasteiger charge is -2.26. The van der Waals surface area contributed by atoms with Crippen molar-refractivity contribution in [3.63, 3.8) is 0 Å². The third-order valence-corrected chi connectivity index (χ3v) is 6.48. The second kappa shape index (κ2) is 13.9. The zero-order valence-electron chi connectivity index (χ0n) is 23.3. The molecule has 0 atom stereocenters. The first-order valence-electron chi connectivity index (χ1n) is 13.8. The Morgan fingerprint density at radius 2 is 1.69 bits per heavy atom. The van der Waals surface area contributed by atoms with Gasteiger partial charge in [0.15, 0.2) is 11.5 Å². The standard InChI is InChI=1S/C30H32N8O4/c1-2-41-27-19-23(13-16-26(27)42-21-22-11-14-25(15-12-22)38(39)40)20-31-36-29-33-28(32-24-9-5-3-6-10-24)34-30(35-29)37-17-7-4-8-18-37/h3,5-6,9-16,19-20H,2,4,7-8,17-18,21H2,1H3,(H2,32,33,34,35,36)/b31-20+. The van der Waals surface area contributed by atoms with Crippen LogP contribution in [0.25, 0.3) is 0 Å². The average molecular weight is 569 g/mol. The van der Waals surface area contributed by atoms with Crippen molar-refractivity contribution in [2.75, 3.05) is 35.3 Å². The molecule has 2 heterocycles. The Hall–Kier alpha value is -5.26. The minimum Gasteiger partial charge on any atom is -0.490 e. The highest BCUT2D eigenvalue weighted by molar-refractivity contribution is 5.81. The highest BCUT2D eigenvalue weighted by Gasteiger charge is 2.16. The van der Waals surface area contributed by atoms with Crippen LogP contribution in [0.4, 0.5) is 29.2 Å². The number of rotatable bonds is 12. The summed E-state index contributed by atoms with van der Waals surface area (Å²) in [6, 6.07) is 21.5. The van der Waals surface area contributed by atoms with E-state index in [1.165, 1.54) is 18.6 Å². The number of para-hydroxylation sites is 1. The quantitative estimate of drug-likeness (QED) is 0.120. The van der Waals surface area contributed by atoms with Gasteiger partial charge in [0.1, 0.15) is 6.61 Å². The largest absolute Gasteiger partial charge is 0.490 e. The number of nitrogens with one attached hydrogen (secondary N) is 2. The van der Waals surface area contributed by atoms with Gasteiger partial charge in [-0.05, 0) is 79.8 Å². The van der Waals surface area contributed by atoms with Crippen molar-refractivity contribution in [3.05, 3.63) is 94.0 Å². The molecular formula is C30H32N8O4. The maximum Gasteiger partial charge on any atom is 0.269 e. The number of piperidine rings is 1. The minimum atomic E-state index is -0.429. The monoisotopic (exact) mass is 568 g/mol. The van der Waals surface area contributed by atoms with Crippen molar-refractivity contribution in [3.8, 4) is 11.5 Å². The van der Waals surface area contributed by atoms with Gasteiger partial charge in [0.25, 0.3) is 5.69 Å². The summed E-state index contributed by atoms with van der Waals surface area (Å²) in [4.78, 5) is 26.4. The Balaban J connectivity index is 1.28. The van der Waals surface area contributed by atoms with Crippen LogP contribution in [0, 0.1) is 10.1 Å². The number of hydrazone groups is 1. The van der Waals surface area contributed by atoms with E-state index in [1.807, 2.05) is 49.4 Å². The molecule has 0 spiro atoms. The van der Waals surface area contributed by atoms with Crippen LogP contribution in [-0.2, 0) is 6.61 Å². The van der Waals surface area contributed by atoms with Crippen molar-refractivity contribution >= 4 is 35.4 Å². The lowest BCUT2D eigenvalue weighted by Crippen LogP contribution is -2.31. The Bertz CT molecular complexity index is 1510. The van der Waals surface area contributed by atoms with E-state index in [9.17, 15) is 10.1 Å². The van der Waals surface area contributed by atoms with Crippen molar-refractivity contribution in [2.24, 2.45) is 5.10 Å². The van der Waals surface area contributed by atoms with Gasteiger partial charge in [0.2, 0.25) is 17.8 Å². The van der Waals surface area contributed by atoms with Gasteiger partial charge < -0.3 is 19.7 Å². The fourth-order valence-electron chi connectivity index (χ4n) is 4.39. The Kier molecular flexibility index (Phi) is 9.35. The molecule has 1 aliphatic heterocycles. The molecule has 42 heavy (non-hydrogen) atoms. The van der Waals surface area contributed by atoms with Crippen molar-refractivity contribution < 1.29 is 14.4 Å². The summed E-state index contributed by atoms with van der Waals surface area (Å²) in [5.41, 5.74) is 5.44. The fraction of sp³-hybridized carbons (Fsp3) is 0.267. The smallest absolute Gasteiger partial charge is 0.269 e. The molecule has 1 aromatic heterocycles. The summed E-state index contributed by atoms with van der Waals surface area (Å²) in [6.45, 7) is 4.38. The highest BCUT2D eigenvalue weighted by Crippen LogP contribution is 2.29. The van der Waals surface area contributed by atoms with E-state index in [-0.39, 0.29) is 12.3 Å². The van der Waals surface area contributed by atoms with Crippen LogP contribution < -0.4 is 25.1 Å². The molecule has 0 aliphatic carbocycles. The van der Waals surface area contributed by atoms with Crippen LogP contribution in [0.5, 0.6) is 11.5 Å². The normalized spacial score (nSPS) is 13.1. The first kappa shape index (κ1) is 28.3. The Morgan fingerprint density at radius 3 is 2.43 bits per heavy atom. The zero-order valence-corrected chi connectivity index (χ0v) is 23.3. The Morgan fingerprint density at radius 1 is 0.929 bits per heavy atom. The summed E-state index contributed by atoms with van der Waals surface area (Å²) in [5, 5.41) is 18.5. The first-order valence-corrected chi connectivity index (χ1v) is 13.8. The molecule has 0 saturated carbocycles. The van der Waals surface area contributed by atoms with Crippen LogP contribution in [0.15, 0.2) is 77.9 Å².